The van der Waals surface area contributed by atoms with Crippen LogP contribution in [0.3, 0.4) is 0 Å². The van der Waals surface area contributed by atoms with Crippen LogP contribution in [0.15, 0.2) is 34.7 Å². The third-order valence-electron chi connectivity index (χ3n) is 6.36. The maximum absolute atomic E-state index is 12.6. The topological polar surface area (TPSA) is 94.6 Å². The molecule has 1 N–H and O–H groups in total. The van der Waals surface area contributed by atoms with Crippen LogP contribution in [-0.2, 0) is 6.61 Å². The van der Waals surface area contributed by atoms with Crippen molar-refractivity contribution in [1.29, 1.82) is 0 Å². The van der Waals surface area contributed by atoms with E-state index in [0.29, 0.717) is 11.7 Å². The number of hydrogen-bond acceptors (Lipinski definition) is 5. The molecule has 2 saturated carbocycles. The molecule has 0 spiro atoms. The Morgan fingerprint density at radius 3 is 2.83 bits per heavy atom. The highest BCUT2D eigenvalue weighted by molar-refractivity contribution is 5.91. The fourth-order valence-corrected chi connectivity index (χ4v) is 4.91. The Morgan fingerprint density at radius 2 is 2.14 bits per heavy atom. The van der Waals surface area contributed by atoms with E-state index in [4.69, 9.17) is 9.15 Å². The zero-order valence-corrected chi connectivity index (χ0v) is 16.7. The van der Waals surface area contributed by atoms with Crippen LogP contribution in [0, 0.1) is 34.8 Å². The van der Waals surface area contributed by atoms with Crippen LogP contribution in [0.1, 0.15) is 54.5 Å². The summed E-state index contributed by atoms with van der Waals surface area (Å²) in [6.45, 7) is 3.87. The molecule has 4 atom stereocenters. The van der Waals surface area contributed by atoms with E-state index in [1.165, 1.54) is 31.7 Å². The van der Waals surface area contributed by atoms with Crippen LogP contribution in [0.25, 0.3) is 0 Å². The first-order valence-electron chi connectivity index (χ1n) is 10.2. The van der Waals surface area contributed by atoms with Crippen LogP contribution >= 0.6 is 0 Å². The number of rotatable bonds is 7. The summed E-state index contributed by atoms with van der Waals surface area (Å²) in [6, 6.07) is 8.19. The Bertz CT molecular complexity index is 922. The van der Waals surface area contributed by atoms with Gasteiger partial charge in [0.2, 0.25) is 0 Å². The Balaban J connectivity index is 1.35. The third kappa shape index (κ3) is 4.13. The summed E-state index contributed by atoms with van der Waals surface area (Å²) >= 11 is 0. The highest BCUT2D eigenvalue weighted by atomic mass is 16.6. The maximum Gasteiger partial charge on any atom is 0.311 e. The van der Waals surface area contributed by atoms with Crippen molar-refractivity contribution >= 4 is 11.6 Å². The number of nitro benzene ring substituents is 1. The molecule has 4 unspecified atom stereocenters. The summed E-state index contributed by atoms with van der Waals surface area (Å²) in [7, 11) is 0. The third-order valence-corrected chi connectivity index (χ3v) is 6.36. The zero-order chi connectivity index (χ0) is 20.5. The molecule has 0 aliphatic heterocycles. The van der Waals surface area contributed by atoms with Gasteiger partial charge in [0.05, 0.1) is 4.92 Å². The fraction of sp³-hybridized carbons (Fsp3) is 0.500. The van der Waals surface area contributed by atoms with Gasteiger partial charge in [0, 0.05) is 12.1 Å². The van der Waals surface area contributed by atoms with Gasteiger partial charge in [0.25, 0.3) is 5.91 Å². The molecule has 2 bridgehead atoms. The van der Waals surface area contributed by atoms with Gasteiger partial charge in [-0.1, -0.05) is 12.5 Å². The summed E-state index contributed by atoms with van der Waals surface area (Å²) in [5.74, 6) is 2.75. The molecule has 1 amide bonds. The minimum Gasteiger partial charge on any atom is -0.479 e. The van der Waals surface area contributed by atoms with Crippen LogP contribution in [0.4, 0.5) is 5.69 Å². The maximum atomic E-state index is 12.6. The number of aryl methyl sites for hydroxylation is 1. The summed E-state index contributed by atoms with van der Waals surface area (Å²) < 4.78 is 11.2. The molecule has 4 rings (SSSR count). The molecular weight excluding hydrogens is 372 g/mol. The second-order valence-electron chi connectivity index (χ2n) is 8.38. The number of hydrogen-bond donors (Lipinski definition) is 1. The molecule has 0 radical (unpaired) electrons. The first-order valence-corrected chi connectivity index (χ1v) is 10.2. The van der Waals surface area contributed by atoms with Crippen molar-refractivity contribution in [1.82, 2.24) is 5.32 Å². The largest absolute Gasteiger partial charge is 0.479 e. The van der Waals surface area contributed by atoms with E-state index >= 15 is 0 Å². The lowest BCUT2D eigenvalue weighted by molar-refractivity contribution is -0.386. The standard InChI is InChI=1S/C22H26N2O5/c1-13-3-7-20(19(9-13)24(26)27)28-12-17-6-8-21(29-17)22(25)23-14(2)18-11-15-4-5-16(18)10-15/h3,6-9,14-16,18H,4-5,10-12H2,1-2H3,(H,23,25). The van der Waals surface area contributed by atoms with Crippen molar-refractivity contribution in [2.24, 2.45) is 17.8 Å². The Hall–Kier alpha value is -2.83. The molecular formula is C22H26N2O5. The quantitative estimate of drug-likeness (QED) is 0.542. The number of benzene rings is 1. The minimum absolute atomic E-state index is 0.0130. The van der Waals surface area contributed by atoms with Crippen molar-refractivity contribution in [3.05, 3.63) is 57.5 Å². The van der Waals surface area contributed by atoms with E-state index in [1.807, 2.05) is 0 Å². The average Bonchev–Trinajstić information content (AvgIpc) is 3.43. The molecule has 154 valence electrons. The van der Waals surface area contributed by atoms with E-state index < -0.39 is 4.92 Å². The lowest BCUT2D eigenvalue weighted by atomic mass is 9.84. The Morgan fingerprint density at radius 1 is 1.31 bits per heavy atom. The molecule has 7 nitrogen and oxygen atoms in total. The monoisotopic (exact) mass is 398 g/mol. The smallest absolute Gasteiger partial charge is 0.311 e. The van der Waals surface area contributed by atoms with Gasteiger partial charge in [-0.2, -0.15) is 0 Å². The van der Waals surface area contributed by atoms with Crippen molar-refractivity contribution in [3.8, 4) is 5.75 Å². The lowest BCUT2D eigenvalue weighted by Gasteiger charge is -2.28. The molecule has 1 heterocycles. The molecule has 0 saturated heterocycles. The van der Waals surface area contributed by atoms with Crippen molar-refractivity contribution in [3.63, 3.8) is 0 Å². The molecule has 2 aromatic rings. The molecule has 2 aliphatic rings. The SMILES string of the molecule is Cc1ccc(OCc2ccc(C(=O)NC(C)C3CC4CCC3C4)o2)c([N+](=O)[O-])c1. The number of furan rings is 1. The normalized spacial score (nSPS) is 23.7. The Kier molecular flexibility index (Phi) is 5.30. The highest BCUT2D eigenvalue weighted by Gasteiger charge is 2.42. The second kappa shape index (κ2) is 7.89. The Labute approximate surface area is 169 Å². The van der Waals surface area contributed by atoms with Gasteiger partial charge >= 0.3 is 5.69 Å². The predicted molar refractivity (Wildman–Crippen MR) is 107 cm³/mol. The number of nitrogens with zero attached hydrogens (tertiary/aromatic N) is 1. The highest BCUT2D eigenvalue weighted by Crippen LogP contribution is 2.49. The molecule has 29 heavy (non-hydrogen) atoms. The van der Waals surface area contributed by atoms with Gasteiger partial charge in [-0.05, 0) is 74.6 Å². The second-order valence-corrected chi connectivity index (χ2v) is 8.38. The fourth-order valence-electron chi connectivity index (χ4n) is 4.91. The number of carbonyl (C=O) groups excluding carboxylic acids is 1. The molecule has 2 aliphatic carbocycles. The summed E-state index contributed by atoms with van der Waals surface area (Å²) in [4.78, 5) is 23.3. The molecule has 1 aromatic carbocycles. The summed E-state index contributed by atoms with van der Waals surface area (Å²) in [5.41, 5.74) is 0.694. The van der Waals surface area contributed by atoms with Crippen molar-refractivity contribution in [2.75, 3.05) is 0 Å². The van der Waals surface area contributed by atoms with E-state index in [-0.39, 0.29) is 35.8 Å². The number of nitro groups is 1. The van der Waals surface area contributed by atoms with Crippen molar-refractivity contribution in [2.45, 2.75) is 52.2 Å². The number of amides is 1. The van der Waals surface area contributed by atoms with E-state index in [1.54, 1.807) is 31.2 Å². The molecule has 7 heteroatoms. The van der Waals surface area contributed by atoms with Gasteiger partial charge in [0.1, 0.15) is 12.4 Å². The minimum atomic E-state index is -0.472. The van der Waals surface area contributed by atoms with Gasteiger partial charge in [0.15, 0.2) is 11.5 Å². The number of fused-ring (bicyclic) bond motifs is 2. The van der Waals surface area contributed by atoms with Crippen LogP contribution in [-0.4, -0.2) is 16.9 Å². The van der Waals surface area contributed by atoms with E-state index in [2.05, 4.69) is 12.2 Å². The predicted octanol–water partition coefficient (Wildman–Crippen LogP) is 4.63. The van der Waals surface area contributed by atoms with Crippen LogP contribution in [0.2, 0.25) is 0 Å². The summed E-state index contributed by atoms with van der Waals surface area (Å²) in [6.07, 6.45) is 5.13. The number of nitrogens with one attached hydrogen (secondary N) is 1. The first-order chi connectivity index (χ1) is 13.9. The van der Waals surface area contributed by atoms with Crippen LogP contribution < -0.4 is 10.1 Å². The van der Waals surface area contributed by atoms with E-state index in [0.717, 1.165) is 17.4 Å². The lowest BCUT2D eigenvalue weighted by Crippen LogP contribution is -2.40. The van der Waals surface area contributed by atoms with Crippen molar-refractivity contribution < 1.29 is 18.9 Å². The van der Waals surface area contributed by atoms with Gasteiger partial charge in [-0.15, -0.1) is 0 Å². The first kappa shape index (κ1) is 19.5. The van der Waals surface area contributed by atoms with Crippen LogP contribution in [0.5, 0.6) is 5.75 Å². The average molecular weight is 398 g/mol. The van der Waals surface area contributed by atoms with Gasteiger partial charge in [-0.25, -0.2) is 0 Å². The van der Waals surface area contributed by atoms with Gasteiger partial charge < -0.3 is 14.5 Å². The number of ether oxygens (including phenoxy) is 1. The molecule has 2 fully saturated rings. The summed E-state index contributed by atoms with van der Waals surface area (Å²) in [5, 5.41) is 14.3. The zero-order valence-electron chi connectivity index (χ0n) is 16.7. The van der Waals surface area contributed by atoms with E-state index in [9.17, 15) is 14.9 Å². The molecule has 1 aromatic heterocycles. The van der Waals surface area contributed by atoms with Gasteiger partial charge in [-0.3, -0.25) is 14.9 Å². The number of carbonyl (C=O) groups is 1.